The van der Waals surface area contributed by atoms with Gasteiger partial charge in [0.05, 0.1) is 37.2 Å². The molecule has 7 heteroatoms. The van der Waals surface area contributed by atoms with Crippen LogP contribution in [0.1, 0.15) is 22.3 Å². The molecule has 1 aliphatic rings. The number of hydrogen-bond acceptors (Lipinski definition) is 5. The monoisotopic (exact) mass is 405 g/mol. The number of carbonyl (C=O) groups excluding carboxylic acids is 1. The van der Waals surface area contributed by atoms with Crippen molar-refractivity contribution in [1.82, 2.24) is 25.0 Å². The summed E-state index contributed by atoms with van der Waals surface area (Å²) < 4.78 is 7.24. The number of ether oxygens (including phenoxy) is 1. The molecule has 1 aliphatic heterocycles. The van der Waals surface area contributed by atoms with Crippen molar-refractivity contribution in [3.05, 3.63) is 72.2 Å². The molecule has 156 valence electrons. The van der Waals surface area contributed by atoms with Gasteiger partial charge in [0.2, 0.25) is 0 Å². The molecule has 30 heavy (non-hydrogen) atoms. The Morgan fingerprint density at radius 3 is 2.67 bits per heavy atom. The number of carbonyl (C=O) groups is 1. The number of rotatable bonds is 8. The highest BCUT2D eigenvalue weighted by atomic mass is 16.5. The van der Waals surface area contributed by atoms with E-state index >= 15 is 0 Å². The number of benzene rings is 1. The zero-order valence-electron chi connectivity index (χ0n) is 17.0. The fourth-order valence-electron chi connectivity index (χ4n) is 3.48. The number of pyridine rings is 1. The van der Waals surface area contributed by atoms with Crippen LogP contribution in [0.25, 0.3) is 11.3 Å². The van der Waals surface area contributed by atoms with Crippen LogP contribution in [0.3, 0.4) is 0 Å². The number of nitrogens with one attached hydrogen (secondary N) is 1. The van der Waals surface area contributed by atoms with Gasteiger partial charge in [0.15, 0.2) is 0 Å². The first-order valence-electron chi connectivity index (χ1n) is 10.4. The zero-order chi connectivity index (χ0) is 20.6. The third kappa shape index (κ3) is 5.52. The summed E-state index contributed by atoms with van der Waals surface area (Å²) in [5.74, 6) is -0.0872. The molecule has 1 saturated heterocycles. The molecular formula is C23H27N5O2. The van der Waals surface area contributed by atoms with Crippen LogP contribution in [0.5, 0.6) is 0 Å². The molecule has 4 rings (SSSR count). The van der Waals surface area contributed by atoms with Crippen molar-refractivity contribution in [3.63, 3.8) is 0 Å². The van der Waals surface area contributed by atoms with Crippen LogP contribution in [0, 0.1) is 0 Å². The maximum atomic E-state index is 12.3. The normalized spacial score (nSPS) is 14.5. The Balaban J connectivity index is 1.26. The van der Waals surface area contributed by atoms with E-state index in [1.165, 1.54) is 5.56 Å². The molecule has 0 atom stereocenters. The standard InChI is InChI=1S/C23H27N5O2/c29-23(24-9-4-10-27-11-13-30-14-12-27)20-7-8-22(25-15-20)21-16-26-28(18-21)17-19-5-2-1-3-6-19/h1-3,5-8,15-16,18H,4,9-14,17H2,(H,24,29). The average Bonchev–Trinajstić information content (AvgIpc) is 3.26. The molecule has 0 aliphatic carbocycles. The van der Waals surface area contributed by atoms with Crippen LogP contribution in [-0.2, 0) is 11.3 Å². The second kappa shape index (κ2) is 10.1. The van der Waals surface area contributed by atoms with Crippen LogP contribution in [-0.4, -0.2) is 65.0 Å². The molecular weight excluding hydrogens is 378 g/mol. The van der Waals surface area contributed by atoms with E-state index in [4.69, 9.17) is 4.74 Å². The Kier molecular flexibility index (Phi) is 6.84. The second-order valence-electron chi connectivity index (χ2n) is 7.41. The molecule has 1 fully saturated rings. The van der Waals surface area contributed by atoms with Crippen molar-refractivity contribution in [2.45, 2.75) is 13.0 Å². The maximum absolute atomic E-state index is 12.3. The topological polar surface area (TPSA) is 72.3 Å². The maximum Gasteiger partial charge on any atom is 0.252 e. The summed E-state index contributed by atoms with van der Waals surface area (Å²) in [6, 6.07) is 13.9. The van der Waals surface area contributed by atoms with Crippen molar-refractivity contribution < 1.29 is 9.53 Å². The van der Waals surface area contributed by atoms with Gasteiger partial charge >= 0.3 is 0 Å². The number of aromatic nitrogens is 3. The van der Waals surface area contributed by atoms with Crippen molar-refractivity contribution >= 4 is 5.91 Å². The lowest BCUT2D eigenvalue weighted by Crippen LogP contribution is -2.38. The van der Waals surface area contributed by atoms with Gasteiger partial charge in [-0.3, -0.25) is 19.4 Å². The minimum atomic E-state index is -0.0872. The van der Waals surface area contributed by atoms with Crippen molar-refractivity contribution in [2.24, 2.45) is 0 Å². The van der Waals surface area contributed by atoms with Gasteiger partial charge in [-0.25, -0.2) is 0 Å². The fourth-order valence-corrected chi connectivity index (χ4v) is 3.48. The first kappa shape index (κ1) is 20.3. The molecule has 2 aromatic heterocycles. The molecule has 1 amide bonds. The number of hydrogen-bond donors (Lipinski definition) is 1. The van der Waals surface area contributed by atoms with E-state index in [9.17, 15) is 4.79 Å². The molecule has 3 heterocycles. The first-order chi connectivity index (χ1) is 14.8. The highest BCUT2D eigenvalue weighted by Crippen LogP contribution is 2.17. The summed E-state index contributed by atoms with van der Waals surface area (Å²) in [5.41, 5.74) is 3.50. The van der Waals surface area contributed by atoms with Gasteiger partial charge in [0.1, 0.15) is 0 Å². The molecule has 1 N–H and O–H groups in total. The van der Waals surface area contributed by atoms with Crippen LogP contribution < -0.4 is 5.32 Å². The number of morpholine rings is 1. The van der Waals surface area contributed by atoms with Gasteiger partial charge in [0.25, 0.3) is 5.91 Å². The molecule has 0 saturated carbocycles. The Morgan fingerprint density at radius 2 is 1.90 bits per heavy atom. The third-order valence-electron chi connectivity index (χ3n) is 5.18. The predicted octanol–water partition coefficient (Wildman–Crippen LogP) is 2.45. The Hall–Kier alpha value is -3.03. The van der Waals surface area contributed by atoms with Gasteiger partial charge in [-0.2, -0.15) is 5.10 Å². The van der Waals surface area contributed by atoms with Gasteiger partial charge in [0, 0.05) is 37.6 Å². The van der Waals surface area contributed by atoms with E-state index in [1.807, 2.05) is 41.2 Å². The largest absolute Gasteiger partial charge is 0.379 e. The van der Waals surface area contributed by atoms with Gasteiger partial charge in [-0.05, 0) is 30.7 Å². The lowest BCUT2D eigenvalue weighted by molar-refractivity contribution is 0.0374. The predicted molar refractivity (Wildman–Crippen MR) is 115 cm³/mol. The average molecular weight is 406 g/mol. The lowest BCUT2D eigenvalue weighted by atomic mass is 10.2. The lowest BCUT2D eigenvalue weighted by Gasteiger charge is -2.26. The summed E-state index contributed by atoms with van der Waals surface area (Å²) in [7, 11) is 0. The SMILES string of the molecule is O=C(NCCCN1CCOCC1)c1ccc(-c2cnn(Cc3ccccc3)c2)nc1. The molecule has 1 aromatic carbocycles. The smallest absolute Gasteiger partial charge is 0.252 e. The molecule has 0 bridgehead atoms. The zero-order valence-corrected chi connectivity index (χ0v) is 17.0. The summed E-state index contributed by atoms with van der Waals surface area (Å²) in [6.45, 7) is 5.90. The van der Waals surface area contributed by atoms with Crippen LogP contribution in [0.4, 0.5) is 0 Å². The Labute approximate surface area is 176 Å². The van der Waals surface area contributed by atoms with Gasteiger partial charge in [-0.15, -0.1) is 0 Å². The third-order valence-corrected chi connectivity index (χ3v) is 5.18. The summed E-state index contributed by atoms with van der Waals surface area (Å²) in [5, 5.41) is 7.40. The van der Waals surface area contributed by atoms with Crippen LogP contribution in [0.2, 0.25) is 0 Å². The van der Waals surface area contributed by atoms with E-state index in [2.05, 4.69) is 32.4 Å². The van der Waals surface area contributed by atoms with Crippen LogP contribution in [0.15, 0.2) is 61.1 Å². The van der Waals surface area contributed by atoms with E-state index in [0.717, 1.165) is 50.5 Å². The van der Waals surface area contributed by atoms with Crippen molar-refractivity contribution in [3.8, 4) is 11.3 Å². The summed E-state index contributed by atoms with van der Waals surface area (Å²) in [4.78, 5) is 19.2. The highest BCUT2D eigenvalue weighted by Gasteiger charge is 2.11. The molecule has 0 spiro atoms. The van der Waals surface area contributed by atoms with Crippen molar-refractivity contribution in [2.75, 3.05) is 39.4 Å². The molecule has 3 aromatic rings. The summed E-state index contributed by atoms with van der Waals surface area (Å²) in [6.07, 6.45) is 6.33. The quantitative estimate of drug-likeness (QED) is 0.583. The fraction of sp³-hybridized carbons (Fsp3) is 0.348. The van der Waals surface area contributed by atoms with Crippen molar-refractivity contribution in [1.29, 1.82) is 0 Å². The molecule has 0 unspecified atom stereocenters. The highest BCUT2D eigenvalue weighted by molar-refractivity contribution is 5.94. The summed E-state index contributed by atoms with van der Waals surface area (Å²) >= 11 is 0. The second-order valence-corrected chi connectivity index (χ2v) is 7.41. The number of nitrogens with zero attached hydrogens (tertiary/aromatic N) is 4. The molecule has 0 radical (unpaired) electrons. The minimum Gasteiger partial charge on any atom is -0.379 e. The Bertz CT molecular complexity index is 934. The van der Waals surface area contributed by atoms with E-state index in [0.29, 0.717) is 18.7 Å². The Morgan fingerprint density at radius 1 is 1.07 bits per heavy atom. The van der Waals surface area contributed by atoms with Gasteiger partial charge in [-0.1, -0.05) is 30.3 Å². The van der Waals surface area contributed by atoms with E-state index in [1.54, 1.807) is 12.4 Å². The number of amides is 1. The minimum absolute atomic E-state index is 0.0872. The van der Waals surface area contributed by atoms with E-state index in [-0.39, 0.29) is 5.91 Å². The van der Waals surface area contributed by atoms with Gasteiger partial charge < -0.3 is 10.1 Å². The van der Waals surface area contributed by atoms with Crippen LogP contribution >= 0.6 is 0 Å². The molecule has 7 nitrogen and oxygen atoms in total. The van der Waals surface area contributed by atoms with E-state index < -0.39 is 0 Å². The first-order valence-corrected chi connectivity index (χ1v) is 10.4.